The first-order chi connectivity index (χ1) is 5.77. The van der Waals surface area contributed by atoms with E-state index in [1.807, 2.05) is 0 Å². The van der Waals surface area contributed by atoms with Crippen molar-refractivity contribution in [3.63, 3.8) is 0 Å². The Morgan fingerprint density at radius 2 is 2.17 bits per heavy atom. The molecule has 0 saturated heterocycles. The summed E-state index contributed by atoms with van der Waals surface area (Å²) in [5.74, 6) is -0.343. The van der Waals surface area contributed by atoms with E-state index in [1.54, 1.807) is 18.2 Å². The smallest absolute Gasteiger partial charge is 0.266 e. The maximum absolute atomic E-state index is 10.8. The van der Waals surface area contributed by atoms with E-state index in [2.05, 4.69) is 9.97 Å². The summed E-state index contributed by atoms with van der Waals surface area (Å²) in [5.41, 5.74) is 1.11. The van der Waals surface area contributed by atoms with Crippen LogP contribution in [0.4, 0.5) is 0 Å². The van der Waals surface area contributed by atoms with Crippen LogP contribution in [-0.4, -0.2) is 9.97 Å². The molecule has 1 radical (unpaired) electrons. The molecular formula is C8H4ClN2O. The van der Waals surface area contributed by atoms with Crippen LogP contribution in [0.5, 0.6) is 5.88 Å². The van der Waals surface area contributed by atoms with Gasteiger partial charge in [0, 0.05) is 0 Å². The van der Waals surface area contributed by atoms with Crippen LogP contribution in [0.1, 0.15) is 0 Å². The topological polar surface area (TPSA) is 45.7 Å². The highest BCUT2D eigenvalue weighted by Crippen LogP contribution is 2.20. The van der Waals surface area contributed by atoms with E-state index in [-0.39, 0.29) is 5.88 Å². The summed E-state index contributed by atoms with van der Waals surface area (Å²) in [6.45, 7) is 0. The molecule has 0 saturated carbocycles. The fourth-order valence-electron chi connectivity index (χ4n) is 0.989. The first-order valence-electron chi connectivity index (χ1n) is 3.35. The summed E-state index contributed by atoms with van der Waals surface area (Å²) in [5, 5.41) is 11.3. The van der Waals surface area contributed by atoms with Crippen molar-refractivity contribution in [1.82, 2.24) is 9.97 Å². The summed E-state index contributed by atoms with van der Waals surface area (Å²) in [6, 6.07) is 5.15. The predicted molar refractivity (Wildman–Crippen MR) is 44.7 cm³/mol. The van der Waals surface area contributed by atoms with Gasteiger partial charge < -0.3 is 0 Å². The minimum atomic E-state index is -0.343. The van der Waals surface area contributed by atoms with E-state index in [0.29, 0.717) is 16.1 Å². The lowest BCUT2D eigenvalue weighted by Crippen LogP contribution is -1.82. The van der Waals surface area contributed by atoms with E-state index in [1.165, 1.54) is 0 Å². The second-order valence-electron chi connectivity index (χ2n) is 2.32. The van der Waals surface area contributed by atoms with Crippen molar-refractivity contribution in [3.05, 3.63) is 29.4 Å². The highest BCUT2D eigenvalue weighted by atomic mass is 35.5. The van der Waals surface area contributed by atoms with Gasteiger partial charge in [-0.3, -0.25) is 5.11 Å². The molecule has 2 rings (SSSR count). The Labute approximate surface area is 73.6 Å². The molecule has 4 heteroatoms. The third kappa shape index (κ3) is 1.08. The van der Waals surface area contributed by atoms with Gasteiger partial charge in [0.25, 0.3) is 5.88 Å². The molecule has 0 amide bonds. The third-order valence-electron chi connectivity index (χ3n) is 1.50. The molecule has 0 spiro atoms. The van der Waals surface area contributed by atoms with E-state index in [4.69, 9.17) is 11.6 Å². The SMILES string of the molecule is [O]c1cnc2c(Cl)cccc2n1. The molecule has 12 heavy (non-hydrogen) atoms. The van der Waals surface area contributed by atoms with Crippen LogP contribution in [0.2, 0.25) is 5.02 Å². The first kappa shape index (κ1) is 7.31. The number of para-hydroxylation sites is 1. The van der Waals surface area contributed by atoms with E-state index in [0.717, 1.165) is 6.20 Å². The number of rotatable bonds is 0. The van der Waals surface area contributed by atoms with E-state index < -0.39 is 0 Å². The van der Waals surface area contributed by atoms with Crippen LogP contribution in [-0.2, 0) is 5.11 Å². The molecule has 0 fully saturated rings. The van der Waals surface area contributed by atoms with Crippen LogP contribution in [0.3, 0.4) is 0 Å². The molecule has 59 valence electrons. The van der Waals surface area contributed by atoms with Gasteiger partial charge in [-0.05, 0) is 12.1 Å². The summed E-state index contributed by atoms with van der Waals surface area (Å²) >= 11 is 5.80. The van der Waals surface area contributed by atoms with Gasteiger partial charge >= 0.3 is 0 Å². The molecule has 0 bridgehead atoms. The standard InChI is InChI=1S/C8H4ClN2O/c9-5-2-1-3-6-8(5)10-4-7(12)11-6/h1-4H. The maximum Gasteiger partial charge on any atom is 0.288 e. The number of benzene rings is 1. The summed E-state index contributed by atoms with van der Waals surface area (Å²) in [7, 11) is 0. The second kappa shape index (κ2) is 2.60. The molecule has 3 nitrogen and oxygen atoms in total. The van der Waals surface area contributed by atoms with Gasteiger partial charge in [-0.2, -0.15) is 0 Å². The molecular weight excluding hydrogens is 176 g/mol. The largest absolute Gasteiger partial charge is 0.288 e. The lowest BCUT2D eigenvalue weighted by atomic mass is 10.3. The molecule has 1 aromatic carbocycles. The Hall–Kier alpha value is -1.35. The lowest BCUT2D eigenvalue weighted by molar-refractivity contribution is 0.337. The summed E-state index contributed by atoms with van der Waals surface area (Å²) in [4.78, 5) is 7.61. The molecule has 0 atom stereocenters. The predicted octanol–water partition coefficient (Wildman–Crippen LogP) is 2.43. The molecule has 1 heterocycles. The van der Waals surface area contributed by atoms with E-state index >= 15 is 0 Å². The van der Waals surface area contributed by atoms with Gasteiger partial charge in [0.1, 0.15) is 5.52 Å². The van der Waals surface area contributed by atoms with Gasteiger partial charge in [-0.1, -0.05) is 17.7 Å². The third-order valence-corrected chi connectivity index (χ3v) is 1.81. The molecule has 0 aliphatic carbocycles. The van der Waals surface area contributed by atoms with Crippen molar-refractivity contribution in [3.8, 4) is 5.88 Å². The highest BCUT2D eigenvalue weighted by molar-refractivity contribution is 6.34. The van der Waals surface area contributed by atoms with Crippen LogP contribution in [0.15, 0.2) is 24.4 Å². The van der Waals surface area contributed by atoms with Crippen molar-refractivity contribution in [2.45, 2.75) is 0 Å². The number of nitrogens with zero attached hydrogens (tertiary/aromatic N) is 2. The molecule has 0 unspecified atom stereocenters. The Morgan fingerprint density at radius 1 is 1.33 bits per heavy atom. The van der Waals surface area contributed by atoms with Gasteiger partial charge in [0.15, 0.2) is 0 Å². The fourth-order valence-corrected chi connectivity index (χ4v) is 1.21. The molecule has 0 aliphatic heterocycles. The number of hydrogen-bond acceptors (Lipinski definition) is 2. The Balaban J connectivity index is 2.86. The zero-order valence-corrected chi connectivity index (χ0v) is 6.75. The number of aromatic nitrogens is 2. The van der Waals surface area contributed by atoms with E-state index in [9.17, 15) is 5.11 Å². The first-order valence-corrected chi connectivity index (χ1v) is 3.73. The van der Waals surface area contributed by atoms with Crippen molar-refractivity contribution in [2.24, 2.45) is 0 Å². The summed E-state index contributed by atoms with van der Waals surface area (Å²) in [6.07, 6.45) is 1.16. The van der Waals surface area contributed by atoms with Crippen molar-refractivity contribution < 1.29 is 5.11 Å². The van der Waals surface area contributed by atoms with Crippen molar-refractivity contribution in [1.29, 1.82) is 0 Å². The minimum absolute atomic E-state index is 0.343. The van der Waals surface area contributed by atoms with Crippen LogP contribution >= 0.6 is 11.6 Å². The molecule has 0 N–H and O–H groups in total. The zero-order valence-electron chi connectivity index (χ0n) is 5.99. The average Bonchev–Trinajstić information content (AvgIpc) is 2.04. The Morgan fingerprint density at radius 3 is 3.00 bits per heavy atom. The minimum Gasteiger partial charge on any atom is -0.266 e. The van der Waals surface area contributed by atoms with Crippen molar-refractivity contribution in [2.75, 3.05) is 0 Å². The maximum atomic E-state index is 10.8. The lowest BCUT2D eigenvalue weighted by Gasteiger charge is -1.96. The number of fused-ring (bicyclic) bond motifs is 1. The highest BCUT2D eigenvalue weighted by Gasteiger charge is 2.01. The molecule has 1 aromatic heterocycles. The van der Waals surface area contributed by atoms with Gasteiger partial charge in [0.05, 0.1) is 16.7 Å². The second-order valence-corrected chi connectivity index (χ2v) is 2.72. The molecule has 0 aliphatic rings. The van der Waals surface area contributed by atoms with Crippen molar-refractivity contribution >= 4 is 22.6 Å². The number of hydrogen-bond donors (Lipinski definition) is 0. The summed E-state index contributed by atoms with van der Waals surface area (Å²) < 4.78 is 0. The van der Waals surface area contributed by atoms with Gasteiger partial charge in [-0.15, -0.1) is 0 Å². The monoisotopic (exact) mass is 179 g/mol. The molecule has 2 aromatic rings. The average molecular weight is 180 g/mol. The number of halogens is 1. The fraction of sp³-hybridized carbons (Fsp3) is 0. The Kier molecular flexibility index (Phi) is 1.59. The zero-order chi connectivity index (χ0) is 8.55. The Bertz CT molecular complexity index is 430. The van der Waals surface area contributed by atoms with Crippen LogP contribution in [0.25, 0.3) is 11.0 Å². The van der Waals surface area contributed by atoms with Crippen LogP contribution in [0, 0.1) is 0 Å². The quantitative estimate of drug-likeness (QED) is 0.624. The normalized spacial score (nSPS) is 10.4. The van der Waals surface area contributed by atoms with Gasteiger partial charge in [0.2, 0.25) is 0 Å². The van der Waals surface area contributed by atoms with Gasteiger partial charge in [-0.25, -0.2) is 9.97 Å². The van der Waals surface area contributed by atoms with Crippen LogP contribution < -0.4 is 0 Å².